The third kappa shape index (κ3) is 4.58. The fourth-order valence-corrected chi connectivity index (χ4v) is 1.89. The summed E-state index contributed by atoms with van der Waals surface area (Å²) in [7, 11) is 0. The molecule has 86 valence electrons. The molecule has 0 saturated heterocycles. The lowest BCUT2D eigenvalue weighted by Crippen LogP contribution is -2.01. The van der Waals surface area contributed by atoms with Crippen LogP contribution in [0, 0.1) is 0 Å². The zero-order valence-corrected chi connectivity index (χ0v) is 9.11. The van der Waals surface area contributed by atoms with Crippen molar-refractivity contribution in [1.82, 2.24) is 0 Å². The third-order valence-corrected chi connectivity index (χ3v) is 2.75. The van der Waals surface area contributed by atoms with E-state index in [1.54, 1.807) is 6.08 Å². The molecule has 0 aromatic heterocycles. The lowest BCUT2D eigenvalue weighted by atomic mass is 10.0. The van der Waals surface area contributed by atoms with Crippen molar-refractivity contribution in [2.24, 2.45) is 0 Å². The maximum absolute atomic E-state index is 11.3. The van der Waals surface area contributed by atoms with Crippen LogP contribution < -0.4 is 0 Å². The molecule has 0 unspecified atom stereocenters. The highest BCUT2D eigenvalue weighted by Gasteiger charge is 2.20. The molecule has 0 amide bonds. The number of unbranched alkanes of at least 4 members (excludes halogenated alkanes) is 4. The Balaban J connectivity index is 2.05. The summed E-state index contributed by atoms with van der Waals surface area (Å²) in [6.07, 6.45) is 7.39. The highest BCUT2D eigenvalue weighted by Crippen LogP contribution is 2.20. The first-order valence-corrected chi connectivity index (χ1v) is 5.77. The fraction of sp³-hybridized carbons (Fsp3) is 0.750. The quantitative estimate of drug-likeness (QED) is 0.630. The van der Waals surface area contributed by atoms with Crippen molar-refractivity contribution in [2.45, 2.75) is 51.0 Å². The summed E-state index contributed by atoms with van der Waals surface area (Å²) in [5, 5.41) is 17.8. The van der Waals surface area contributed by atoms with Crippen molar-refractivity contribution in [3.8, 4) is 0 Å². The maximum Gasteiger partial charge on any atom is 0.161 e. The van der Waals surface area contributed by atoms with E-state index in [9.17, 15) is 9.90 Å². The molecule has 2 N–H and O–H groups in total. The molecule has 0 heterocycles. The van der Waals surface area contributed by atoms with Crippen LogP contribution in [0.15, 0.2) is 11.6 Å². The van der Waals surface area contributed by atoms with E-state index in [4.69, 9.17) is 5.11 Å². The van der Waals surface area contributed by atoms with Crippen LogP contribution >= 0.6 is 0 Å². The van der Waals surface area contributed by atoms with Crippen LogP contribution in [0.3, 0.4) is 0 Å². The number of aliphatic hydroxyl groups excluding tert-OH is 2. The average molecular weight is 212 g/mol. The molecule has 0 aromatic rings. The van der Waals surface area contributed by atoms with Gasteiger partial charge >= 0.3 is 0 Å². The molecule has 0 aliphatic heterocycles. The molecule has 0 bridgehead atoms. The van der Waals surface area contributed by atoms with Crippen molar-refractivity contribution < 1.29 is 15.0 Å². The summed E-state index contributed by atoms with van der Waals surface area (Å²) >= 11 is 0. The normalized spacial score (nSPS) is 20.8. The van der Waals surface area contributed by atoms with E-state index in [0.717, 1.165) is 44.1 Å². The number of aliphatic hydroxyl groups is 2. The third-order valence-electron chi connectivity index (χ3n) is 2.75. The number of Topliss-reactive ketones (excluding diaryl/α,β-unsaturated/α-hetero) is 1. The lowest BCUT2D eigenvalue weighted by molar-refractivity contribution is -0.115. The van der Waals surface area contributed by atoms with Gasteiger partial charge in [-0.15, -0.1) is 0 Å². The molecule has 0 fully saturated rings. The number of carbonyl (C=O) groups is 1. The second-order valence-corrected chi connectivity index (χ2v) is 4.13. The molecule has 0 saturated carbocycles. The van der Waals surface area contributed by atoms with Gasteiger partial charge in [0.15, 0.2) is 5.78 Å². The minimum absolute atomic E-state index is 0.109. The van der Waals surface area contributed by atoms with Gasteiger partial charge in [-0.2, -0.15) is 0 Å². The number of carbonyl (C=O) groups excluding carboxylic acids is 1. The second-order valence-electron chi connectivity index (χ2n) is 4.13. The zero-order chi connectivity index (χ0) is 11.1. The van der Waals surface area contributed by atoms with E-state index < -0.39 is 6.10 Å². The Morgan fingerprint density at radius 3 is 2.47 bits per heavy atom. The van der Waals surface area contributed by atoms with E-state index >= 15 is 0 Å². The minimum Gasteiger partial charge on any atom is -0.396 e. The van der Waals surface area contributed by atoms with Gasteiger partial charge in [-0.25, -0.2) is 0 Å². The largest absolute Gasteiger partial charge is 0.396 e. The van der Waals surface area contributed by atoms with E-state index in [-0.39, 0.29) is 18.8 Å². The van der Waals surface area contributed by atoms with Gasteiger partial charge in [0.05, 0.1) is 6.10 Å². The molecule has 0 aromatic carbocycles. The Bertz CT molecular complexity index is 233. The topological polar surface area (TPSA) is 57.5 Å². The van der Waals surface area contributed by atoms with Crippen molar-refractivity contribution in [1.29, 1.82) is 0 Å². The van der Waals surface area contributed by atoms with Crippen molar-refractivity contribution in [3.05, 3.63) is 11.6 Å². The SMILES string of the molecule is O=C1C[C@H](O)C=C1CCCCCCCO. The summed E-state index contributed by atoms with van der Waals surface area (Å²) in [6, 6.07) is 0. The maximum atomic E-state index is 11.3. The molecule has 3 heteroatoms. The molecular weight excluding hydrogens is 192 g/mol. The number of hydrogen-bond acceptors (Lipinski definition) is 3. The summed E-state index contributed by atoms with van der Waals surface area (Å²) in [5.74, 6) is 0.109. The van der Waals surface area contributed by atoms with Crippen LogP contribution in [-0.2, 0) is 4.79 Å². The summed E-state index contributed by atoms with van der Waals surface area (Å²) in [6.45, 7) is 0.274. The van der Waals surface area contributed by atoms with Crippen molar-refractivity contribution in [2.75, 3.05) is 6.61 Å². The predicted molar refractivity (Wildman–Crippen MR) is 58.5 cm³/mol. The fourth-order valence-electron chi connectivity index (χ4n) is 1.89. The van der Waals surface area contributed by atoms with Crippen LogP contribution in [-0.4, -0.2) is 28.7 Å². The van der Waals surface area contributed by atoms with E-state index in [0.29, 0.717) is 0 Å². The average Bonchev–Trinajstić information content (AvgIpc) is 2.51. The number of hydrogen-bond donors (Lipinski definition) is 2. The Morgan fingerprint density at radius 1 is 1.20 bits per heavy atom. The second kappa shape index (κ2) is 6.75. The molecule has 3 nitrogen and oxygen atoms in total. The van der Waals surface area contributed by atoms with Crippen molar-refractivity contribution in [3.63, 3.8) is 0 Å². The Kier molecular flexibility index (Phi) is 5.58. The first-order valence-electron chi connectivity index (χ1n) is 5.77. The van der Waals surface area contributed by atoms with E-state index in [1.165, 1.54) is 0 Å². The van der Waals surface area contributed by atoms with Crippen LogP contribution in [0.4, 0.5) is 0 Å². The Morgan fingerprint density at radius 2 is 1.87 bits per heavy atom. The van der Waals surface area contributed by atoms with Gasteiger partial charge in [-0.1, -0.05) is 19.3 Å². The molecular formula is C12H20O3. The molecule has 15 heavy (non-hydrogen) atoms. The molecule has 1 atom stereocenters. The number of allylic oxidation sites excluding steroid dienone is 1. The van der Waals surface area contributed by atoms with Gasteiger partial charge in [0, 0.05) is 13.0 Å². The first-order chi connectivity index (χ1) is 7.24. The number of ketones is 1. The molecule has 1 aliphatic rings. The number of rotatable bonds is 7. The van der Waals surface area contributed by atoms with Crippen LogP contribution in [0.25, 0.3) is 0 Å². The highest BCUT2D eigenvalue weighted by atomic mass is 16.3. The summed E-state index contributed by atoms with van der Waals surface area (Å²) in [4.78, 5) is 11.3. The van der Waals surface area contributed by atoms with Gasteiger partial charge < -0.3 is 10.2 Å². The standard InChI is InChI=1S/C12H20O3/c13-7-5-3-1-2-4-6-10-8-11(14)9-12(10)15/h8,11,13-14H,1-7,9H2/t11-/m1/s1. The smallest absolute Gasteiger partial charge is 0.161 e. The first kappa shape index (κ1) is 12.4. The van der Waals surface area contributed by atoms with E-state index in [1.807, 2.05) is 0 Å². The summed E-state index contributed by atoms with van der Waals surface area (Å²) in [5.41, 5.74) is 0.810. The highest BCUT2D eigenvalue weighted by molar-refractivity contribution is 5.98. The van der Waals surface area contributed by atoms with Crippen molar-refractivity contribution >= 4 is 5.78 Å². The van der Waals surface area contributed by atoms with E-state index in [2.05, 4.69) is 0 Å². The van der Waals surface area contributed by atoms with Crippen LogP contribution in [0.5, 0.6) is 0 Å². The van der Waals surface area contributed by atoms with Gasteiger partial charge in [0.1, 0.15) is 0 Å². The van der Waals surface area contributed by atoms with Gasteiger partial charge in [-0.05, 0) is 30.9 Å². The predicted octanol–water partition coefficient (Wildman–Crippen LogP) is 1.58. The van der Waals surface area contributed by atoms with Crippen LogP contribution in [0.1, 0.15) is 44.9 Å². The molecule has 1 aliphatic carbocycles. The Labute approximate surface area is 90.8 Å². The minimum atomic E-state index is -0.540. The Hall–Kier alpha value is -0.670. The van der Waals surface area contributed by atoms with Gasteiger partial charge in [0.2, 0.25) is 0 Å². The van der Waals surface area contributed by atoms with Gasteiger partial charge in [-0.3, -0.25) is 4.79 Å². The molecule has 0 spiro atoms. The zero-order valence-electron chi connectivity index (χ0n) is 9.11. The molecule has 1 rings (SSSR count). The summed E-state index contributed by atoms with van der Waals surface area (Å²) < 4.78 is 0. The monoisotopic (exact) mass is 212 g/mol. The van der Waals surface area contributed by atoms with Gasteiger partial charge in [0.25, 0.3) is 0 Å². The molecule has 0 radical (unpaired) electrons. The lowest BCUT2D eigenvalue weighted by Gasteiger charge is -2.00. The van der Waals surface area contributed by atoms with Crippen LogP contribution in [0.2, 0.25) is 0 Å².